The normalized spacial score (nSPS) is 14.8. The first-order valence-electron chi connectivity index (χ1n) is 6.93. The van der Waals surface area contributed by atoms with Crippen molar-refractivity contribution in [1.82, 2.24) is 10.5 Å². The second-order valence-electron chi connectivity index (χ2n) is 5.15. The van der Waals surface area contributed by atoms with Gasteiger partial charge in [0, 0.05) is 17.8 Å². The summed E-state index contributed by atoms with van der Waals surface area (Å²) in [4.78, 5) is 0. The molecule has 0 amide bonds. The van der Waals surface area contributed by atoms with Gasteiger partial charge in [0.25, 0.3) is 0 Å². The molecular formula is C17H19N3. The van der Waals surface area contributed by atoms with Crippen molar-refractivity contribution in [3.05, 3.63) is 72.4 Å². The van der Waals surface area contributed by atoms with Gasteiger partial charge < -0.3 is 0 Å². The van der Waals surface area contributed by atoms with Gasteiger partial charge in [-0.05, 0) is 26.0 Å². The van der Waals surface area contributed by atoms with E-state index in [0.29, 0.717) is 6.04 Å². The third kappa shape index (κ3) is 2.40. The fourth-order valence-corrected chi connectivity index (χ4v) is 2.32. The maximum absolute atomic E-state index is 3.43. The fourth-order valence-electron chi connectivity index (χ4n) is 2.32. The maximum atomic E-state index is 3.43. The molecule has 3 rings (SSSR count). The Kier molecular flexibility index (Phi) is 3.44. The molecule has 0 saturated heterocycles. The van der Waals surface area contributed by atoms with Crippen LogP contribution in [0, 0.1) is 0 Å². The molecule has 0 radical (unpaired) electrons. The summed E-state index contributed by atoms with van der Waals surface area (Å²) in [7, 11) is 0. The van der Waals surface area contributed by atoms with Gasteiger partial charge in [0.05, 0.1) is 11.4 Å². The van der Waals surface area contributed by atoms with E-state index in [1.807, 2.05) is 24.3 Å². The number of nitrogens with one attached hydrogen (secondary N) is 1. The molecule has 2 aromatic rings. The second kappa shape index (κ2) is 5.39. The summed E-state index contributed by atoms with van der Waals surface area (Å²) < 4.78 is 0. The third-order valence-corrected chi connectivity index (χ3v) is 3.35. The van der Waals surface area contributed by atoms with E-state index in [-0.39, 0.29) is 0 Å². The average molecular weight is 265 g/mol. The lowest BCUT2D eigenvalue weighted by atomic mass is 10.1. The lowest BCUT2D eigenvalue weighted by molar-refractivity contribution is 0.256. The molecule has 3 heteroatoms. The maximum Gasteiger partial charge on any atom is 0.0791 e. The number of rotatable bonds is 3. The lowest BCUT2D eigenvalue weighted by Gasteiger charge is -2.28. The first kappa shape index (κ1) is 12.8. The molecule has 0 atom stereocenters. The standard InChI is InChI=1S/C17H19N3/c1-14(2)20-17(15-9-5-3-6-10-15)13-19(18-20)16-11-7-4-8-12-16/h3-14,18H,1-2H3. The van der Waals surface area contributed by atoms with E-state index >= 15 is 0 Å². The van der Waals surface area contributed by atoms with E-state index in [9.17, 15) is 0 Å². The molecule has 0 aromatic heterocycles. The summed E-state index contributed by atoms with van der Waals surface area (Å²) in [5, 5.41) is 4.24. The SMILES string of the molecule is CC(C)N1NN(c2ccccc2)C=C1c1ccccc1. The molecule has 0 saturated carbocycles. The van der Waals surface area contributed by atoms with Crippen molar-refractivity contribution in [1.29, 1.82) is 0 Å². The van der Waals surface area contributed by atoms with Gasteiger partial charge in [-0.1, -0.05) is 48.5 Å². The van der Waals surface area contributed by atoms with Crippen molar-refractivity contribution in [2.45, 2.75) is 19.9 Å². The van der Waals surface area contributed by atoms with Gasteiger partial charge in [-0.3, -0.25) is 10.0 Å². The van der Waals surface area contributed by atoms with Crippen molar-refractivity contribution in [2.24, 2.45) is 0 Å². The van der Waals surface area contributed by atoms with Crippen LogP contribution in [0.4, 0.5) is 5.69 Å². The molecule has 0 aliphatic carbocycles. The number of benzene rings is 2. The first-order chi connectivity index (χ1) is 9.75. The van der Waals surface area contributed by atoms with E-state index in [0.717, 1.165) is 5.69 Å². The minimum Gasteiger partial charge on any atom is -0.286 e. The molecule has 102 valence electrons. The number of hydrogen-bond acceptors (Lipinski definition) is 3. The van der Waals surface area contributed by atoms with Crippen molar-refractivity contribution in [3.63, 3.8) is 0 Å². The average Bonchev–Trinajstić information content (AvgIpc) is 2.94. The summed E-state index contributed by atoms with van der Waals surface area (Å²) in [5.41, 5.74) is 6.96. The molecule has 2 aromatic carbocycles. The zero-order valence-corrected chi connectivity index (χ0v) is 11.8. The second-order valence-corrected chi connectivity index (χ2v) is 5.15. The number of nitrogens with zero attached hydrogens (tertiary/aromatic N) is 2. The Morgan fingerprint density at radius 2 is 1.45 bits per heavy atom. The molecule has 1 aliphatic heterocycles. The molecule has 1 N–H and O–H groups in total. The summed E-state index contributed by atoms with van der Waals surface area (Å²) in [6.07, 6.45) is 2.14. The molecule has 0 bridgehead atoms. The molecule has 20 heavy (non-hydrogen) atoms. The van der Waals surface area contributed by atoms with Crippen molar-refractivity contribution in [2.75, 3.05) is 5.01 Å². The lowest BCUT2D eigenvalue weighted by Crippen LogP contribution is -2.44. The number of anilines is 1. The Hall–Kier alpha value is -2.26. The fraction of sp³-hybridized carbons (Fsp3) is 0.176. The highest BCUT2D eigenvalue weighted by atomic mass is 15.8. The van der Waals surface area contributed by atoms with Crippen LogP contribution in [0.1, 0.15) is 19.4 Å². The summed E-state index contributed by atoms with van der Waals surface area (Å²) in [6, 6.07) is 21.1. The van der Waals surface area contributed by atoms with Crippen LogP contribution in [-0.4, -0.2) is 11.1 Å². The Morgan fingerprint density at radius 1 is 0.850 bits per heavy atom. The predicted octanol–water partition coefficient (Wildman–Crippen LogP) is 3.64. The molecule has 1 heterocycles. The van der Waals surface area contributed by atoms with Gasteiger partial charge in [-0.25, -0.2) is 0 Å². The summed E-state index contributed by atoms with van der Waals surface area (Å²) >= 11 is 0. The van der Waals surface area contributed by atoms with E-state index in [1.54, 1.807) is 0 Å². The third-order valence-electron chi connectivity index (χ3n) is 3.35. The highest BCUT2D eigenvalue weighted by Crippen LogP contribution is 2.27. The van der Waals surface area contributed by atoms with Gasteiger partial charge in [0.1, 0.15) is 0 Å². The zero-order chi connectivity index (χ0) is 13.9. The van der Waals surface area contributed by atoms with E-state index in [1.165, 1.54) is 11.3 Å². The molecule has 0 unspecified atom stereocenters. The summed E-state index contributed by atoms with van der Waals surface area (Å²) in [5.74, 6) is 0. The minimum absolute atomic E-state index is 0.371. The largest absolute Gasteiger partial charge is 0.286 e. The molecule has 3 nitrogen and oxygen atoms in total. The van der Waals surface area contributed by atoms with Gasteiger partial charge in [0.2, 0.25) is 0 Å². The first-order valence-corrected chi connectivity index (χ1v) is 6.93. The van der Waals surface area contributed by atoms with Gasteiger partial charge in [0.15, 0.2) is 0 Å². The van der Waals surface area contributed by atoms with Gasteiger partial charge >= 0.3 is 0 Å². The Morgan fingerprint density at radius 3 is 2.05 bits per heavy atom. The Bertz CT molecular complexity index is 590. The topological polar surface area (TPSA) is 18.5 Å². The van der Waals surface area contributed by atoms with Gasteiger partial charge in [-0.2, -0.15) is 0 Å². The van der Waals surface area contributed by atoms with Crippen LogP contribution in [-0.2, 0) is 0 Å². The van der Waals surface area contributed by atoms with Crippen molar-refractivity contribution in [3.8, 4) is 0 Å². The Balaban J connectivity index is 1.96. The smallest absolute Gasteiger partial charge is 0.0791 e. The molecular weight excluding hydrogens is 246 g/mol. The monoisotopic (exact) mass is 265 g/mol. The summed E-state index contributed by atoms with van der Waals surface area (Å²) in [6.45, 7) is 4.36. The number of para-hydroxylation sites is 1. The van der Waals surface area contributed by atoms with Crippen LogP contribution in [0.15, 0.2) is 66.9 Å². The van der Waals surface area contributed by atoms with Crippen molar-refractivity contribution < 1.29 is 0 Å². The minimum atomic E-state index is 0.371. The van der Waals surface area contributed by atoms with Crippen LogP contribution in [0.2, 0.25) is 0 Å². The van der Waals surface area contributed by atoms with E-state index < -0.39 is 0 Å². The van der Waals surface area contributed by atoms with Crippen molar-refractivity contribution >= 4 is 11.4 Å². The van der Waals surface area contributed by atoms with E-state index in [4.69, 9.17) is 0 Å². The number of hydrazine groups is 2. The highest BCUT2D eigenvalue weighted by molar-refractivity contribution is 5.70. The Labute approximate surface area is 120 Å². The molecule has 0 spiro atoms. The quantitative estimate of drug-likeness (QED) is 0.914. The molecule has 1 aliphatic rings. The predicted molar refractivity (Wildman–Crippen MR) is 83.5 cm³/mol. The van der Waals surface area contributed by atoms with Crippen LogP contribution >= 0.6 is 0 Å². The van der Waals surface area contributed by atoms with E-state index in [2.05, 4.69) is 72.0 Å². The van der Waals surface area contributed by atoms with Crippen LogP contribution < -0.4 is 10.5 Å². The van der Waals surface area contributed by atoms with Crippen LogP contribution in [0.3, 0.4) is 0 Å². The van der Waals surface area contributed by atoms with Crippen LogP contribution in [0.25, 0.3) is 5.70 Å². The number of hydrogen-bond donors (Lipinski definition) is 1. The van der Waals surface area contributed by atoms with Crippen LogP contribution in [0.5, 0.6) is 0 Å². The zero-order valence-electron chi connectivity index (χ0n) is 11.8. The molecule has 0 fully saturated rings. The van der Waals surface area contributed by atoms with Gasteiger partial charge in [-0.15, -0.1) is 5.53 Å². The highest BCUT2D eigenvalue weighted by Gasteiger charge is 2.24.